The zero-order valence-electron chi connectivity index (χ0n) is 10.8. The maximum absolute atomic E-state index is 11.9. The zero-order chi connectivity index (χ0) is 12.5. The molecular formula is C14H22N2O. The fourth-order valence-electron chi connectivity index (χ4n) is 1.81. The number of carbonyl (C=O) groups excluding carboxylic acids is 1. The summed E-state index contributed by atoms with van der Waals surface area (Å²) in [5, 5.41) is 2.98. The van der Waals surface area contributed by atoms with Crippen LogP contribution in [0.4, 0.5) is 0 Å². The Morgan fingerprint density at radius 3 is 2.88 bits per heavy atom. The van der Waals surface area contributed by atoms with Gasteiger partial charge in [0.1, 0.15) is 0 Å². The number of hydrogen-bond donors (Lipinski definition) is 1. The van der Waals surface area contributed by atoms with Gasteiger partial charge >= 0.3 is 0 Å². The number of aromatic nitrogens is 1. The number of carbonyl (C=O) groups is 1. The molecule has 0 spiro atoms. The second-order valence-electron chi connectivity index (χ2n) is 4.33. The van der Waals surface area contributed by atoms with E-state index in [0.717, 1.165) is 31.2 Å². The lowest BCUT2D eigenvalue weighted by Crippen LogP contribution is -2.30. The molecule has 0 saturated carbocycles. The van der Waals surface area contributed by atoms with E-state index in [1.165, 1.54) is 0 Å². The maximum Gasteiger partial charge on any atom is 0.223 e. The molecule has 0 aliphatic carbocycles. The van der Waals surface area contributed by atoms with Gasteiger partial charge in [-0.3, -0.25) is 9.78 Å². The number of amides is 1. The van der Waals surface area contributed by atoms with Crippen molar-refractivity contribution in [3.05, 3.63) is 30.1 Å². The van der Waals surface area contributed by atoms with Crippen molar-refractivity contribution in [2.45, 2.75) is 46.1 Å². The molecule has 1 aromatic heterocycles. The Kier molecular flexibility index (Phi) is 6.30. The Labute approximate surface area is 104 Å². The highest BCUT2D eigenvalue weighted by atomic mass is 16.1. The first-order chi connectivity index (χ1) is 8.27. The summed E-state index contributed by atoms with van der Waals surface area (Å²) in [6.45, 7) is 4.81. The van der Waals surface area contributed by atoms with Crippen LogP contribution in [-0.2, 0) is 11.3 Å². The molecule has 0 radical (unpaired) electrons. The lowest BCUT2D eigenvalue weighted by atomic mass is 9.98. The molecule has 0 aliphatic rings. The highest BCUT2D eigenvalue weighted by Crippen LogP contribution is 2.12. The van der Waals surface area contributed by atoms with Gasteiger partial charge in [0.15, 0.2) is 0 Å². The van der Waals surface area contributed by atoms with Crippen LogP contribution in [0, 0.1) is 5.92 Å². The maximum atomic E-state index is 11.9. The number of pyridine rings is 1. The van der Waals surface area contributed by atoms with E-state index in [1.807, 2.05) is 12.1 Å². The van der Waals surface area contributed by atoms with Gasteiger partial charge in [-0.25, -0.2) is 0 Å². The van der Waals surface area contributed by atoms with Crippen molar-refractivity contribution in [2.24, 2.45) is 5.92 Å². The Bertz CT molecular complexity index is 324. The Balaban J connectivity index is 2.37. The quantitative estimate of drug-likeness (QED) is 0.788. The van der Waals surface area contributed by atoms with Crippen molar-refractivity contribution in [3.8, 4) is 0 Å². The summed E-state index contributed by atoms with van der Waals surface area (Å²) >= 11 is 0. The van der Waals surface area contributed by atoms with Crippen LogP contribution in [0.1, 0.15) is 45.1 Å². The zero-order valence-corrected chi connectivity index (χ0v) is 10.8. The number of hydrogen-bond acceptors (Lipinski definition) is 2. The summed E-state index contributed by atoms with van der Waals surface area (Å²) < 4.78 is 0. The SMILES string of the molecule is CCCC[C@H](CC)C(=O)NCc1cccnc1. The van der Waals surface area contributed by atoms with Gasteiger partial charge in [-0.15, -0.1) is 0 Å². The molecule has 17 heavy (non-hydrogen) atoms. The van der Waals surface area contributed by atoms with E-state index in [0.29, 0.717) is 6.54 Å². The largest absolute Gasteiger partial charge is 0.352 e. The van der Waals surface area contributed by atoms with Crippen molar-refractivity contribution in [2.75, 3.05) is 0 Å². The third kappa shape index (κ3) is 4.98. The lowest BCUT2D eigenvalue weighted by molar-refractivity contribution is -0.125. The molecule has 0 aliphatic heterocycles. The molecule has 1 atom stereocenters. The van der Waals surface area contributed by atoms with Crippen molar-refractivity contribution in [1.82, 2.24) is 10.3 Å². The van der Waals surface area contributed by atoms with Gasteiger partial charge in [0.05, 0.1) is 0 Å². The molecule has 1 aromatic rings. The molecule has 1 rings (SSSR count). The molecule has 1 N–H and O–H groups in total. The fourth-order valence-corrected chi connectivity index (χ4v) is 1.81. The summed E-state index contributed by atoms with van der Waals surface area (Å²) in [4.78, 5) is 15.9. The van der Waals surface area contributed by atoms with Gasteiger partial charge in [-0.05, 0) is 24.5 Å². The fraction of sp³-hybridized carbons (Fsp3) is 0.571. The van der Waals surface area contributed by atoms with Gasteiger partial charge in [0.25, 0.3) is 0 Å². The normalized spacial score (nSPS) is 12.1. The van der Waals surface area contributed by atoms with Crippen molar-refractivity contribution < 1.29 is 4.79 Å². The van der Waals surface area contributed by atoms with Crippen molar-refractivity contribution in [3.63, 3.8) is 0 Å². The first kappa shape index (κ1) is 13.7. The highest BCUT2D eigenvalue weighted by Gasteiger charge is 2.14. The smallest absolute Gasteiger partial charge is 0.223 e. The predicted molar refractivity (Wildman–Crippen MR) is 69.4 cm³/mol. The molecule has 3 heteroatoms. The molecule has 3 nitrogen and oxygen atoms in total. The minimum Gasteiger partial charge on any atom is -0.352 e. The summed E-state index contributed by atoms with van der Waals surface area (Å²) in [6, 6.07) is 3.86. The Morgan fingerprint density at radius 1 is 1.47 bits per heavy atom. The van der Waals surface area contributed by atoms with E-state index in [2.05, 4.69) is 24.1 Å². The number of nitrogens with zero attached hydrogens (tertiary/aromatic N) is 1. The molecule has 0 unspecified atom stereocenters. The summed E-state index contributed by atoms with van der Waals surface area (Å²) in [7, 11) is 0. The summed E-state index contributed by atoms with van der Waals surface area (Å²) in [6.07, 6.45) is 7.70. The third-order valence-electron chi connectivity index (χ3n) is 2.96. The lowest BCUT2D eigenvalue weighted by Gasteiger charge is -2.14. The third-order valence-corrected chi connectivity index (χ3v) is 2.96. The van der Waals surface area contributed by atoms with E-state index in [4.69, 9.17) is 0 Å². The van der Waals surface area contributed by atoms with Gasteiger partial charge < -0.3 is 5.32 Å². The Morgan fingerprint density at radius 2 is 2.29 bits per heavy atom. The molecule has 0 saturated heterocycles. The Hall–Kier alpha value is -1.38. The van der Waals surface area contributed by atoms with Crippen molar-refractivity contribution in [1.29, 1.82) is 0 Å². The predicted octanol–water partition coefficient (Wildman–Crippen LogP) is 2.91. The van der Waals surface area contributed by atoms with Crippen LogP contribution < -0.4 is 5.32 Å². The van der Waals surface area contributed by atoms with Gasteiger partial charge in [0, 0.05) is 24.9 Å². The van der Waals surface area contributed by atoms with Crippen LogP contribution in [0.3, 0.4) is 0 Å². The minimum absolute atomic E-state index is 0.159. The average molecular weight is 234 g/mol. The van der Waals surface area contributed by atoms with Gasteiger partial charge in [-0.1, -0.05) is 32.8 Å². The van der Waals surface area contributed by atoms with Crippen LogP contribution in [0.25, 0.3) is 0 Å². The topological polar surface area (TPSA) is 42.0 Å². The number of unbranched alkanes of at least 4 members (excludes halogenated alkanes) is 1. The van der Waals surface area contributed by atoms with E-state index in [1.54, 1.807) is 12.4 Å². The number of nitrogens with one attached hydrogen (secondary N) is 1. The van der Waals surface area contributed by atoms with E-state index in [9.17, 15) is 4.79 Å². The molecule has 1 heterocycles. The van der Waals surface area contributed by atoms with Crippen LogP contribution >= 0.6 is 0 Å². The van der Waals surface area contributed by atoms with Crippen LogP contribution in [-0.4, -0.2) is 10.9 Å². The molecular weight excluding hydrogens is 212 g/mol. The standard InChI is InChI=1S/C14H22N2O/c1-3-5-8-13(4-2)14(17)16-11-12-7-6-9-15-10-12/h6-7,9-10,13H,3-5,8,11H2,1-2H3,(H,16,17)/t13-/m0/s1. The molecule has 0 aromatic carbocycles. The van der Waals surface area contributed by atoms with E-state index in [-0.39, 0.29) is 11.8 Å². The molecule has 0 bridgehead atoms. The van der Waals surface area contributed by atoms with Gasteiger partial charge in [0.2, 0.25) is 5.91 Å². The van der Waals surface area contributed by atoms with Crippen LogP contribution in [0.5, 0.6) is 0 Å². The second kappa shape index (κ2) is 7.82. The first-order valence-electron chi connectivity index (χ1n) is 6.44. The second-order valence-corrected chi connectivity index (χ2v) is 4.33. The van der Waals surface area contributed by atoms with E-state index < -0.39 is 0 Å². The molecule has 0 fully saturated rings. The van der Waals surface area contributed by atoms with Crippen LogP contribution in [0.2, 0.25) is 0 Å². The summed E-state index contributed by atoms with van der Waals surface area (Å²) in [5.41, 5.74) is 1.05. The summed E-state index contributed by atoms with van der Waals surface area (Å²) in [5.74, 6) is 0.330. The number of rotatable bonds is 7. The molecule has 1 amide bonds. The van der Waals surface area contributed by atoms with Crippen molar-refractivity contribution >= 4 is 5.91 Å². The van der Waals surface area contributed by atoms with E-state index >= 15 is 0 Å². The van der Waals surface area contributed by atoms with Gasteiger partial charge in [-0.2, -0.15) is 0 Å². The molecule has 94 valence electrons. The minimum atomic E-state index is 0.159. The highest BCUT2D eigenvalue weighted by molar-refractivity contribution is 5.78. The monoisotopic (exact) mass is 234 g/mol. The van der Waals surface area contributed by atoms with Crippen LogP contribution in [0.15, 0.2) is 24.5 Å². The average Bonchev–Trinajstić information content (AvgIpc) is 2.38. The first-order valence-corrected chi connectivity index (χ1v) is 6.44.